The monoisotopic (exact) mass is 294 g/mol. The van der Waals surface area contributed by atoms with Crippen molar-refractivity contribution in [1.82, 2.24) is 4.98 Å². The summed E-state index contributed by atoms with van der Waals surface area (Å²) in [5, 5.41) is 0.488. The van der Waals surface area contributed by atoms with E-state index < -0.39 is 11.9 Å². The number of carbonyl (C=O) groups excluding carboxylic acids is 2. The molecule has 1 aliphatic heterocycles. The number of fused-ring (bicyclic) bond motifs is 1. The molecule has 2 heterocycles. The Balaban J connectivity index is 1.91. The van der Waals surface area contributed by atoms with Crippen LogP contribution in [0.1, 0.15) is 6.42 Å². The molecule has 104 valence electrons. The van der Waals surface area contributed by atoms with Gasteiger partial charge in [-0.2, -0.15) is 0 Å². The number of aromatic nitrogens is 1. The highest BCUT2D eigenvalue weighted by Gasteiger charge is 2.37. The largest absolute Gasteiger partial charge is 0.469 e. The van der Waals surface area contributed by atoms with Gasteiger partial charge in [0, 0.05) is 19.0 Å². The second-order valence-electron chi connectivity index (χ2n) is 4.54. The van der Waals surface area contributed by atoms with Crippen LogP contribution in [-0.4, -0.2) is 30.5 Å². The predicted octanol–water partition coefficient (Wildman–Crippen LogP) is 1.96. The van der Waals surface area contributed by atoms with Crippen molar-refractivity contribution >= 4 is 38.6 Å². The molecule has 20 heavy (non-hydrogen) atoms. The average Bonchev–Trinajstić information content (AvgIpc) is 3.00. The number of amides is 1. The molecule has 3 rings (SSSR count). The number of rotatable bonds is 2. The number of benzene rings is 1. The van der Waals surface area contributed by atoms with E-state index in [0.717, 1.165) is 4.70 Å². The van der Waals surface area contributed by atoms with Gasteiger partial charge in [-0.15, -0.1) is 0 Å². The zero-order chi connectivity index (χ0) is 14.3. The molecule has 1 amide bonds. The van der Waals surface area contributed by atoms with Gasteiger partial charge in [-0.05, 0) is 12.1 Å². The van der Waals surface area contributed by atoms with Crippen LogP contribution in [-0.2, 0) is 14.3 Å². The lowest BCUT2D eigenvalue weighted by Gasteiger charge is -2.11. The standard InChI is InChI=1S/C13H11FN2O3S/c1-19-12(18)7-4-11(17)16(6-7)13-15-9-5-8(14)2-3-10(9)20-13/h2-3,5,7H,4,6H2,1H3. The van der Waals surface area contributed by atoms with E-state index in [1.165, 1.54) is 35.5 Å². The number of hydrogen-bond donors (Lipinski definition) is 0. The van der Waals surface area contributed by atoms with Gasteiger partial charge in [-0.1, -0.05) is 11.3 Å². The summed E-state index contributed by atoms with van der Waals surface area (Å²) in [6, 6.07) is 4.31. The number of esters is 1. The van der Waals surface area contributed by atoms with Crippen LogP contribution in [0.4, 0.5) is 9.52 Å². The van der Waals surface area contributed by atoms with E-state index in [9.17, 15) is 14.0 Å². The fraction of sp³-hybridized carbons (Fsp3) is 0.308. The molecule has 0 N–H and O–H groups in total. The summed E-state index contributed by atoms with van der Waals surface area (Å²) >= 11 is 1.30. The molecule has 0 spiro atoms. The van der Waals surface area contributed by atoms with Crippen LogP contribution >= 0.6 is 11.3 Å². The van der Waals surface area contributed by atoms with Crippen molar-refractivity contribution in [3.05, 3.63) is 24.0 Å². The van der Waals surface area contributed by atoms with E-state index in [1.54, 1.807) is 6.07 Å². The predicted molar refractivity (Wildman–Crippen MR) is 72.1 cm³/mol. The van der Waals surface area contributed by atoms with Gasteiger partial charge in [0.2, 0.25) is 5.91 Å². The number of hydrogen-bond acceptors (Lipinski definition) is 5. The average molecular weight is 294 g/mol. The van der Waals surface area contributed by atoms with E-state index in [4.69, 9.17) is 0 Å². The number of ether oxygens (including phenoxy) is 1. The third kappa shape index (κ3) is 2.14. The molecule has 1 aliphatic rings. The summed E-state index contributed by atoms with van der Waals surface area (Å²) in [5.74, 6) is -1.39. The lowest BCUT2D eigenvalue weighted by molar-refractivity contribution is -0.145. The van der Waals surface area contributed by atoms with Crippen molar-refractivity contribution in [3.8, 4) is 0 Å². The van der Waals surface area contributed by atoms with Crippen LogP contribution in [0.3, 0.4) is 0 Å². The fourth-order valence-electron chi connectivity index (χ4n) is 2.22. The topological polar surface area (TPSA) is 59.5 Å². The molecule has 1 unspecified atom stereocenters. The number of thiazole rings is 1. The number of halogens is 1. The first-order chi connectivity index (χ1) is 9.58. The van der Waals surface area contributed by atoms with Crippen LogP contribution in [0.5, 0.6) is 0 Å². The summed E-state index contributed by atoms with van der Waals surface area (Å²) in [7, 11) is 1.30. The van der Waals surface area contributed by atoms with Gasteiger partial charge >= 0.3 is 5.97 Å². The Kier molecular flexibility index (Phi) is 3.13. The summed E-state index contributed by atoms with van der Waals surface area (Å²) in [4.78, 5) is 29.2. The Morgan fingerprint density at radius 3 is 3.10 bits per heavy atom. The molecular formula is C13H11FN2O3S. The molecular weight excluding hydrogens is 283 g/mol. The zero-order valence-electron chi connectivity index (χ0n) is 10.6. The van der Waals surface area contributed by atoms with Gasteiger partial charge < -0.3 is 4.74 Å². The first-order valence-electron chi connectivity index (χ1n) is 6.03. The number of methoxy groups -OCH3 is 1. The van der Waals surface area contributed by atoms with E-state index in [1.807, 2.05) is 0 Å². The van der Waals surface area contributed by atoms with E-state index in [0.29, 0.717) is 10.6 Å². The maximum Gasteiger partial charge on any atom is 0.311 e. The molecule has 0 saturated carbocycles. The summed E-state index contributed by atoms with van der Waals surface area (Å²) < 4.78 is 18.6. The van der Waals surface area contributed by atoms with E-state index >= 15 is 0 Å². The second-order valence-corrected chi connectivity index (χ2v) is 5.55. The minimum absolute atomic E-state index is 0.122. The lowest BCUT2D eigenvalue weighted by Crippen LogP contribution is -2.25. The SMILES string of the molecule is COC(=O)C1CC(=O)N(c2nc3cc(F)ccc3s2)C1. The van der Waals surface area contributed by atoms with Gasteiger partial charge in [-0.25, -0.2) is 9.37 Å². The minimum atomic E-state index is -0.462. The van der Waals surface area contributed by atoms with Crippen molar-refractivity contribution in [2.45, 2.75) is 6.42 Å². The smallest absolute Gasteiger partial charge is 0.311 e. The number of carbonyl (C=O) groups is 2. The summed E-state index contributed by atoms with van der Waals surface area (Å²) in [6.45, 7) is 0.258. The van der Waals surface area contributed by atoms with Gasteiger partial charge in [0.05, 0.1) is 23.2 Å². The Morgan fingerprint density at radius 1 is 1.55 bits per heavy atom. The Hall–Kier alpha value is -2.02. The molecule has 1 fully saturated rings. The highest BCUT2D eigenvalue weighted by atomic mass is 32.1. The zero-order valence-corrected chi connectivity index (χ0v) is 11.4. The highest BCUT2D eigenvalue weighted by Crippen LogP contribution is 2.33. The Labute approximate surface area is 118 Å². The molecule has 1 aromatic carbocycles. The van der Waals surface area contributed by atoms with Gasteiger partial charge in [0.25, 0.3) is 0 Å². The normalized spacial score (nSPS) is 18.8. The third-order valence-corrected chi connectivity index (χ3v) is 4.29. The molecule has 1 atom stereocenters. The van der Waals surface area contributed by atoms with Crippen LogP contribution in [0.25, 0.3) is 10.2 Å². The molecule has 2 aromatic rings. The third-order valence-electron chi connectivity index (χ3n) is 3.23. The highest BCUT2D eigenvalue weighted by molar-refractivity contribution is 7.22. The van der Waals surface area contributed by atoms with Gasteiger partial charge in [-0.3, -0.25) is 14.5 Å². The summed E-state index contributed by atoms with van der Waals surface area (Å²) in [5.41, 5.74) is 0.513. The maximum absolute atomic E-state index is 13.1. The van der Waals surface area contributed by atoms with Crippen molar-refractivity contribution in [3.63, 3.8) is 0 Å². The van der Waals surface area contributed by atoms with Crippen molar-refractivity contribution < 1.29 is 18.7 Å². The second kappa shape index (κ2) is 4.82. The van der Waals surface area contributed by atoms with Crippen molar-refractivity contribution in [1.29, 1.82) is 0 Å². The number of anilines is 1. The quantitative estimate of drug-likeness (QED) is 0.794. The molecule has 0 bridgehead atoms. The Bertz CT molecular complexity index is 700. The van der Waals surface area contributed by atoms with Crippen molar-refractivity contribution in [2.24, 2.45) is 5.92 Å². The van der Waals surface area contributed by atoms with Gasteiger partial charge in [0.15, 0.2) is 5.13 Å². The molecule has 0 aliphatic carbocycles. The summed E-state index contributed by atoms with van der Waals surface area (Å²) in [6.07, 6.45) is 0.122. The van der Waals surface area contributed by atoms with Crippen LogP contribution in [0.2, 0.25) is 0 Å². The van der Waals surface area contributed by atoms with Crippen LogP contribution < -0.4 is 4.90 Å². The first-order valence-corrected chi connectivity index (χ1v) is 6.84. The van der Waals surface area contributed by atoms with Crippen LogP contribution in [0, 0.1) is 11.7 Å². The molecule has 0 radical (unpaired) electrons. The molecule has 5 nitrogen and oxygen atoms in total. The number of nitrogens with zero attached hydrogens (tertiary/aromatic N) is 2. The minimum Gasteiger partial charge on any atom is -0.469 e. The fourth-order valence-corrected chi connectivity index (χ4v) is 3.19. The Morgan fingerprint density at radius 2 is 2.35 bits per heavy atom. The van der Waals surface area contributed by atoms with Crippen LogP contribution in [0.15, 0.2) is 18.2 Å². The maximum atomic E-state index is 13.1. The molecule has 7 heteroatoms. The van der Waals surface area contributed by atoms with Crippen molar-refractivity contribution in [2.75, 3.05) is 18.6 Å². The first kappa shape index (κ1) is 13.0. The van der Waals surface area contributed by atoms with E-state index in [2.05, 4.69) is 9.72 Å². The molecule has 1 aromatic heterocycles. The lowest BCUT2D eigenvalue weighted by atomic mass is 10.1. The van der Waals surface area contributed by atoms with Gasteiger partial charge in [0.1, 0.15) is 5.82 Å². The molecule has 1 saturated heterocycles. The van der Waals surface area contributed by atoms with E-state index in [-0.39, 0.29) is 24.7 Å².